The third-order valence-electron chi connectivity index (χ3n) is 6.14. The number of benzene rings is 1. The molecule has 1 aliphatic carbocycles. The lowest BCUT2D eigenvalue weighted by Crippen LogP contribution is -2.42. The van der Waals surface area contributed by atoms with Crippen molar-refractivity contribution in [3.63, 3.8) is 0 Å². The van der Waals surface area contributed by atoms with Crippen LogP contribution in [-0.2, 0) is 6.54 Å². The van der Waals surface area contributed by atoms with Crippen molar-refractivity contribution in [1.29, 1.82) is 0 Å². The Bertz CT molecular complexity index is 789. The summed E-state index contributed by atoms with van der Waals surface area (Å²) in [6.07, 6.45) is 1.22. The number of hydrogen-bond donors (Lipinski definition) is 1. The number of aryl methyl sites for hydroxylation is 3. The summed E-state index contributed by atoms with van der Waals surface area (Å²) in [5, 5.41) is 10.7. The van der Waals surface area contributed by atoms with Crippen molar-refractivity contribution in [2.75, 3.05) is 13.1 Å². The van der Waals surface area contributed by atoms with Crippen molar-refractivity contribution < 1.29 is 9.84 Å². The zero-order chi connectivity index (χ0) is 19.0. The quantitative estimate of drug-likeness (QED) is 0.897. The smallest absolute Gasteiger partial charge is 0.141 e. The molecule has 4 rings (SSSR count). The van der Waals surface area contributed by atoms with Gasteiger partial charge in [-0.1, -0.05) is 29.8 Å². The number of aliphatic hydroxyl groups is 1. The molecule has 1 saturated carbocycles. The number of ether oxygens (including phenoxy) is 1. The maximum absolute atomic E-state index is 10.7. The monoisotopic (exact) mass is 366 g/mol. The SMILES string of the molecule is Cc1ccc(CN2C[C@H]3C[C@@H](Oc4ccc(C)nc4C)[C@H](O)C[C@H]3C2)cc1. The Morgan fingerprint density at radius 2 is 1.70 bits per heavy atom. The molecule has 0 radical (unpaired) electrons. The van der Waals surface area contributed by atoms with Crippen LogP contribution in [0.15, 0.2) is 36.4 Å². The molecule has 2 aromatic rings. The van der Waals surface area contributed by atoms with E-state index in [0.717, 1.165) is 49.6 Å². The topological polar surface area (TPSA) is 45.6 Å². The first kappa shape index (κ1) is 18.5. The number of nitrogens with zero attached hydrogens (tertiary/aromatic N) is 2. The summed E-state index contributed by atoms with van der Waals surface area (Å²) in [5.41, 5.74) is 4.56. The molecule has 1 saturated heterocycles. The van der Waals surface area contributed by atoms with Gasteiger partial charge in [-0.3, -0.25) is 9.88 Å². The minimum absolute atomic E-state index is 0.131. The first-order valence-electron chi connectivity index (χ1n) is 10.0. The number of aromatic nitrogens is 1. The van der Waals surface area contributed by atoms with Crippen molar-refractivity contribution in [3.8, 4) is 5.75 Å². The molecule has 2 heterocycles. The summed E-state index contributed by atoms with van der Waals surface area (Å²) in [4.78, 5) is 7.02. The zero-order valence-corrected chi connectivity index (χ0v) is 16.6. The van der Waals surface area contributed by atoms with Crippen LogP contribution in [0.2, 0.25) is 0 Å². The van der Waals surface area contributed by atoms with Crippen molar-refractivity contribution in [1.82, 2.24) is 9.88 Å². The van der Waals surface area contributed by atoms with E-state index in [1.165, 1.54) is 11.1 Å². The highest BCUT2D eigenvalue weighted by molar-refractivity contribution is 5.28. The predicted octanol–water partition coefficient (Wildman–Crippen LogP) is 3.66. The number of rotatable bonds is 4. The highest BCUT2D eigenvalue weighted by atomic mass is 16.5. The van der Waals surface area contributed by atoms with Gasteiger partial charge in [-0.05, 0) is 63.1 Å². The standard InChI is InChI=1S/C23H30N2O2/c1-15-4-7-18(8-5-15)12-25-13-19-10-21(26)23(11-20(19)14-25)27-22-9-6-16(2)24-17(22)3/h4-9,19-21,23,26H,10-14H2,1-3H3/t19-,20+,21+,23+/m0/s1. The van der Waals surface area contributed by atoms with Crippen LogP contribution in [0.1, 0.15) is 35.4 Å². The molecular weight excluding hydrogens is 336 g/mol. The number of pyridine rings is 1. The molecule has 4 heteroatoms. The van der Waals surface area contributed by atoms with Gasteiger partial charge in [0.1, 0.15) is 11.9 Å². The zero-order valence-electron chi connectivity index (χ0n) is 16.6. The normalized spacial score (nSPS) is 28.1. The van der Waals surface area contributed by atoms with E-state index in [1.54, 1.807) is 0 Å². The van der Waals surface area contributed by atoms with Gasteiger partial charge >= 0.3 is 0 Å². The highest BCUT2D eigenvalue weighted by Crippen LogP contribution is 2.38. The van der Waals surface area contributed by atoms with Crippen molar-refractivity contribution in [2.24, 2.45) is 11.8 Å². The molecular formula is C23H30N2O2. The van der Waals surface area contributed by atoms with Gasteiger partial charge in [0.05, 0.1) is 11.8 Å². The summed E-state index contributed by atoms with van der Waals surface area (Å²) in [7, 11) is 0. The maximum Gasteiger partial charge on any atom is 0.141 e. The van der Waals surface area contributed by atoms with Crippen LogP contribution in [0.4, 0.5) is 0 Å². The van der Waals surface area contributed by atoms with E-state index in [9.17, 15) is 5.11 Å². The summed E-state index contributed by atoms with van der Waals surface area (Å²) < 4.78 is 6.20. The molecule has 0 unspecified atom stereocenters. The lowest BCUT2D eigenvalue weighted by Gasteiger charge is -2.35. The molecule has 1 aliphatic heterocycles. The molecule has 0 spiro atoms. The van der Waals surface area contributed by atoms with Crippen molar-refractivity contribution in [3.05, 3.63) is 58.9 Å². The van der Waals surface area contributed by atoms with Gasteiger partial charge in [0.25, 0.3) is 0 Å². The first-order chi connectivity index (χ1) is 13.0. The van der Waals surface area contributed by atoms with Crippen LogP contribution < -0.4 is 4.74 Å². The predicted molar refractivity (Wildman–Crippen MR) is 107 cm³/mol. The molecule has 0 amide bonds. The fourth-order valence-electron chi connectivity index (χ4n) is 4.66. The van der Waals surface area contributed by atoms with Crippen LogP contribution in [-0.4, -0.2) is 40.3 Å². The van der Waals surface area contributed by atoms with E-state index in [0.29, 0.717) is 11.8 Å². The van der Waals surface area contributed by atoms with Gasteiger partial charge in [0.2, 0.25) is 0 Å². The van der Waals surface area contributed by atoms with Crippen LogP contribution in [0, 0.1) is 32.6 Å². The van der Waals surface area contributed by atoms with Gasteiger partial charge < -0.3 is 9.84 Å². The molecule has 1 aromatic heterocycles. The molecule has 1 N–H and O–H groups in total. The molecule has 4 nitrogen and oxygen atoms in total. The molecule has 144 valence electrons. The minimum atomic E-state index is -0.397. The van der Waals surface area contributed by atoms with Gasteiger partial charge in [-0.2, -0.15) is 0 Å². The van der Waals surface area contributed by atoms with Crippen LogP contribution in [0.5, 0.6) is 5.75 Å². The molecule has 0 bridgehead atoms. The van der Waals surface area contributed by atoms with Gasteiger partial charge in [-0.15, -0.1) is 0 Å². The van der Waals surface area contributed by atoms with Gasteiger partial charge in [0.15, 0.2) is 0 Å². The molecule has 2 fully saturated rings. The lowest BCUT2D eigenvalue weighted by molar-refractivity contribution is -0.0236. The van der Waals surface area contributed by atoms with E-state index in [1.807, 2.05) is 26.0 Å². The number of likely N-dealkylation sites (tertiary alicyclic amines) is 1. The summed E-state index contributed by atoms with van der Waals surface area (Å²) in [6.45, 7) is 9.25. The highest BCUT2D eigenvalue weighted by Gasteiger charge is 2.42. The fraction of sp³-hybridized carbons (Fsp3) is 0.522. The van der Waals surface area contributed by atoms with Crippen LogP contribution in [0.25, 0.3) is 0 Å². The van der Waals surface area contributed by atoms with Gasteiger partial charge in [0, 0.05) is 25.3 Å². The Labute approximate surface area is 162 Å². The van der Waals surface area contributed by atoms with E-state index in [4.69, 9.17) is 4.74 Å². The molecule has 1 aromatic carbocycles. The fourth-order valence-corrected chi connectivity index (χ4v) is 4.66. The van der Waals surface area contributed by atoms with E-state index in [-0.39, 0.29) is 6.10 Å². The van der Waals surface area contributed by atoms with E-state index < -0.39 is 6.10 Å². The first-order valence-corrected chi connectivity index (χ1v) is 10.0. The third-order valence-corrected chi connectivity index (χ3v) is 6.14. The van der Waals surface area contributed by atoms with Crippen LogP contribution >= 0.6 is 0 Å². The summed E-state index contributed by atoms with van der Waals surface area (Å²) >= 11 is 0. The second-order valence-electron chi connectivity index (χ2n) is 8.43. The van der Waals surface area contributed by atoms with E-state index >= 15 is 0 Å². The Hall–Kier alpha value is -1.91. The largest absolute Gasteiger partial charge is 0.486 e. The number of aliphatic hydroxyl groups excluding tert-OH is 1. The molecule has 4 atom stereocenters. The summed E-state index contributed by atoms with van der Waals surface area (Å²) in [6, 6.07) is 12.8. The number of hydrogen-bond acceptors (Lipinski definition) is 4. The van der Waals surface area contributed by atoms with Crippen LogP contribution in [0.3, 0.4) is 0 Å². The Kier molecular flexibility index (Phi) is 5.20. The summed E-state index contributed by atoms with van der Waals surface area (Å²) in [5.74, 6) is 1.97. The van der Waals surface area contributed by atoms with E-state index in [2.05, 4.69) is 41.1 Å². The van der Waals surface area contributed by atoms with Crippen molar-refractivity contribution >= 4 is 0 Å². The van der Waals surface area contributed by atoms with Crippen molar-refractivity contribution in [2.45, 2.75) is 52.4 Å². The average molecular weight is 367 g/mol. The second-order valence-corrected chi connectivity index (χ2v) is 8.43. The Balaban J connectivity index is 1.39. The Morgan fingerprint density at radius 1 is 1.00 bits per heavy atom. The third kappa shape index (κ3) is 4.17. The molecule has 27 heavy (non-hydrogen) atoms. The average Bonchev–Trinajstić information content (AvgIpc) is 3.00. The lowest BCUT2D eigenvalue weighted by atomic mass is 9.78. The maximum atomic E-state index is 10.7. The Morgan fingerprint density at radius 3 is 2.41 bits per heavy atom. The second kappa shape index (κ2) is 7.61. The minimum Gasteiger partial charge on any atom is -0.486 e. The molecule has 2 aliphatic rings. The van der Waals surface area contributed by atoms with Gasteiger partial charge in [-0.25, -0.2) is 0 Å². The number of fused-ring (bicyclic) bond motifs is 1.